The maximum atomic E-state index is 6.13. The monoisotopic (exact) mass is 207 g/mol. The Bertz CT molecular complexity index is 355. The van der Waals surface area contributed by atoms with Crippen LogP contribution in [0.15, 0.2) is 6.20 Å². The molecule has 15 heavy (non-hydrogen) atoms. The largest absolute Gasteiger partial charge is 0.370 e. The van der Waals surface area contributed by atoms with Gasteiger partial charge in [0.05, 0.1) is 6.17 Å². The van der Waals surface area contributed by atoms with Gasteiger partial charge in [0.15, 0.2) is 0 Å². The molecule has 1 fully saturated rings. The normalized spacial score (nSPS) is 30.5. The third kappa shape index (κ3) is 1.48. The van der Waals surface area contributed by atoms with Crippen molar-refractivity contribution in [1.82, 2.24) is 9.55 Å². The Hall–Kier alpha value is -0.870. The molecule has 4 nitrogen and oxygen atoms in total. The number of aromatic nitrogens is 2. The first-order valence-electron chi connectivity index (χ1n) is 5.79. The van der Waals surface area contributed by atoms with Crippen molar-refractivity contribution in [3.63, 3.8) is 0 Å². The summed E-state index contributed by atoms with van der Waals surface area (Å²) in [5.41, 5.74) is 7.40. The van der Waals surface area contributed by atoms with Crippen LogP contribution in [-0.4, -0.2) is 16.2 Å². The summed E-state index contributed by atoms with van der Waals surface area (Å²) in [5, 5.41) is 0. The summed E-state index contributed by atoms with van der Waals surface area (Å²) in [6, 6.07) is 0. The van der Waals surface area contributed by atoms with Crippen LogP contribution in [0.4, 0.5) is 0 Å². The van der Waals surface area contributed by atoms with E-state index < -0.39 is 0 Å². The Balaban J connectivity index is 1.97. The van der Waals surface area contributed by atoms with Gasteiger partial charge in [0.25, 0.3) is 0 Å². The zero-order valence-corrected chi connectivity index (χ0v) is 8.85. The number of hydrogen-bond acceptors (Lipinski definition) is 3. The molecule has 2 N–H and O–H groups in total. The maximum Gasteiger partial charge on any atom is 0.139 e. The van der Waals surface area contributed by atoms with E-state index in [1.54, 1.807) is 0 Å². The van der Waals surface area contributed by atoms with Gasteiger partial charge in [-0.25, -0.2) is 4.98 Å². The molecule has 2 unspecified atom stereocenters. The van der Waals surface area contributed by atoms with Gasteiger partial charge in [-0.3, -0.25) is 0 Å². The van der Waals surface area contributed by atoms with Gasteiger partial charge in [-0.2, -0.15) is 0 Å². The Morgan fingerprint density at radius 3 is 3.13 bits per heavy atom. The molecule has 0 saturated carbocycles. The second-order valence-corrected chi connectivity index (χ2v) is 4.44. The fourth-order valence-corrected chi connectivity index (χ4v) is 2.62. The van der Waals surface area contributed by atoms with Crippen LogP contribution in [-0.2, 0) is 11.2 Å². The molecule has 2 aliphatic rings. The lowest BCUT2D eigenvalue weighted by molar-refractivity contribution is 0.0992. The third-order valence-electron chi connectivity index (χ3n) is 3.38. The van der Waals surface area contributed by atoms with Gasteiger partial charge >= 0.3 is 0 Å². The number of fused-ring (bicyclic) bond motifs is 1. The van der Waals surface area contributed by atoms with Gasteiger partial charge in [0.1, 0.15) is 11.9 Å². The lowest BCUT2D eigenvalue weighted by Gasteiger charge is -2.25. The molecule has 0 radical (unpaired) electrons. The lowest BCUT2D eigenvalue weighted by Crippen LogP contribution is -2.27. The van der Waals surface area contributed by atoms with E-state index >= 15 is 0 Å². The molecule has 4 heteroatoms. The summed E-state index contributed by atoms with van der Waals surface area (Å²) >= 11 is 0. The average Bonchev–Trinajstić information content (AvgIpc) is 2.85. The molecule has 1 aromatic rings. The molecule has 3 heterocycles. The number of rotatable bonds is 1. The minimum Gasteiger partial charge on any atom is -0.370 e. The van der Waals surface area contributed by atoms with Crippen molar-refractivity contribution in [3.8, 4) is 0 Å². The molecule has 1 saturated heterocycles. The quantitative estimate of drug-likeness (QED) is 0.759. The van der Waals surface area contributed by atoms with E-state index in [0.29, 0.717) is 0 Å². The Kier molecular flexibility index (Phi) is 2.25. The summed E-state index contributed by atoms with van der Waals surface area (Å²) in [5.74, 6) is 1.05. The van der Waals surface area contributed by atoms with E-state index in [1.165, 1.54) is 12.1 Å². The highest BCUT2D eigenvalue weighted by molar-refractivity contribution is 5.12. The fraction of sp³-hybridized carbons (Fsp3) is 0.727. The summed E-state index contributed by atoms with van der Waals surface area (Å²) in [6.07, 6.45) is 7.83. The van der Waals surface area contributed by atoms with E-state index in [9.17, 15) is 0 Å². The number of imidazole rings is 1. The molecule has 0 bridgehead atoms. The molecular formula is C11H17N3O. The number of nitrogens with zero attached hydrogens (tertiary/aromatic N) is 2. The topological polar surface area (TPSA) is 53.1 Å². The number of nitrogens with two attached hydrogens (primary N) is 1. The van der Waals surface area contributed by atoms with Gasteiger partial charge < -0.3 is 15.0 Å². The fourth-order valence-electron chi connectivity index (χ4n) is 2.62. The highest BCUT2D eigenvalue weighted by atomic mass is 16.5. The summed E-state index contributed by atoms with van der Waals surface area (Å²) in [4.78, 5) is 4.49. The van der Waals surface area contributed by atoms with Crippen LogP contribution in [0, 0.1) is 0 Å². The number of hydrogen-bond donors (Lipinski definition) is 1. The zero-order chi connectivity index (χ0) is 10.3. The molecule has 1 aromatic heterocycles. The Labute approximate surface area is 89.4 Å². The molecule has 2 atom stereocenters. The molecule has 82 valence electrons. The smallest absolute Gasteiger partial charge is 0.139 e. The summed E-state index contributed by atoms with van der Waals surface area (Å²) in [6.45, 7) is 0.863. The van der Waals surface area contributed by atoms with Crippen LogP contribution in [0.25, 0.3) is 0 Å². The SMILES string of the molecule is NC1CCCc2cnc(C3CCCO3)n21. The zero-order valence-electron chi connectivity index (χ0n) is 8.85. The van der Waals surface area contributed by atoms with E-state index in [-0.39, 0.29) is 12.3 Å². The molecule has 0 spiro atoms. The number of ether oxygens (including phenoxy) is 1. The van der Waals surface area contributed by atoms with Crippen LogP contribution in [0.1, 0.15) is 49.5 Å². The predicted octanol–water partition coefficient (Wildman–Crippen LogP) is 1.53. The highest BCUT2D eigenvalue weighted by Crippen LogP contribution is 2.32. The molecular weight excluding hydrogens is 190 g/mol. The van der Waals surface area contributed by atoms with E-state index in [4.69, 9.17) is 10.5 Å². The van der Waals surface area contributed by atoms with Gasteiger partial charge in [-0.1, -0.05) is 0 Å². The van der Waals surface area contributed by atoms with Crippen molar-refractivity contribution in [1.29, 1.82) is 0 Å². The van der Waals surface area contributed by atoms with Crippen molar-refractivity contribution < 1.29 is 4.74 Å². The van der Waals surface area contributed by atoms with E-state index in [2.05, 4.69) is 9.55 Å². The van der Waals surface area contributed by atoms with Gasteiger partial charge in [-0.05, 0) is 32.1 Å². The maximum absolute atomic E-state index is 6.13. The second kappa shape index (κ2) is 3.61. The van der Waals surface area contributed by atoms with E-state index in [0.717, 1.165) is 38.1 Å². The molecule has 0 aliphatic carbocycles. The van der Waals surface area contributed by atoms with Gasteiger partial charge in [0.2, 0.25) is 0 Å². The Morgan fingerprint density at radius 1 is 1.40 bits per heavy atom. The highest BCUT2D eigenvalue weighted by Gasteiger charge is 2.27. The minimum atomic E-state index is 0.107. The first-order valence-corrected chi connectivity index (χ1v) is 5.79. The van der Waals surface area contributed by atoms with Crippen molar-refractivity contribution in [2.45, 2.75) is 44.4 Å². The van der Waals surface area contributed by atoms with E-state index in [1.807, 2.05) is 6.20 Å². The minimum absolute atomic E-state index is 0.107. The standard InChI is InChI=1S/C11H17N3O/c12-10-5-1-3-8-7-13-11(14(8)10)9-4-2-6-15-9/h7,9-10H,1-6,12H2. The third-order valence-corrected chi connectivity index (χ3v) is 3.38. The number of aryl methyl sites for hydroxylation is 1. The Morgan fingerprint density at radius 2 is 2.33 bits per heavy atom. The van der Waals surface area contributed by atoms with Crippen molar-refractivity contribution in [2.75, 3.05) is 6.61 Å². The lowest BCUT2D eigenvalue weighted by atomic mass is 10.1. The van der Waals surface area contributed by atoms with Crippen molar-refractivity contribution in [2.24, 2.45) is 5.73 Å². The van der Waals surface area contributed by atoms with Crippen LogP contribution in [0.2, 0.25) is 0 Å². The molecule has 0 aromatic carbocycles. The average molecular weight is 207 g/mol. The second-order valence-electron chi connectivity index (χ2n) is 4.44. The van der Waals surface area contributed by atoms with Gasteiger partial charge in [-0.15, -0.1) is 0 Å². The van der Waals surface area contributed by atoms with Crippen molar-refractivity contribution in [3.05, 3.63) is 17.7 Å². The predicted molar refractivity (Wildman–Crippen MR) is 56.3 cm³/mol. The summed E-state index contributed by atoms with van der Waals surface area (Å²) < 4.78 is 7.87. The van der Waals surface area contributed by atoms with Crippen molar-refractivity contribution >= 4 is 0 Å². The first-order chi connectivity index (χ1) is 7.36. The summed E-state index contributed by atoms with van der Waals surface area (Å²) in [7, 11) is 0. The van der Waals surface area contributed by atoms with Gasteiger partial charge in [0, 0.05) is 18.5 Å². The van der Waals surface area contributed by atoms with Crippen LogP contribution in [0.3, 0.4) is 0 Å². The molecule has 2 aliphatic heterocycles. The molecule has 0 amide bonds. The van der Waals surface area contributed by atoms with Crippen LogP contribution >= 0.6 is 0 Å². The first kappa shape index (κ1) is 9.36. The van der Waals surface area contributed by atoms with Crippen LogP contribution in [0.5, 0.6) is 0 Å². The molecule has 3 rings (SSSR count). The van der Waals surface area contributed by atoms with Crippen LogP contribution < -0.4 is 5.73 Å².